The van der Waals surface area contributed by atoms with Crippen molar-refractivity contribution in [2.24, 2.45) is 9.98 Å². The number of aliphatic imine (C=N–C) groups is 2. The summed E-state index contributed by atoms with van der Waals surface area (Å²) in [6.45, 7) is 7.66. The number of nitrogens with zero attached hydrogens (tertiary/aromatic N) is 3. The molecule has 0 aliphatic rings. The van der Waals surface area contributed by atoms with Gasteiger partial charge in [-0.15, -0.1) is 0 Å². The maximum atomic E-state index is 5.82. The van der Waals surface area contributed by atoms with Crippen LogP contribution >= 0.6 is 11.6 Å². The average Bonchev–Trinajstić information content (AvgIpc) is 2.60. The third kappa shape index (κ3) is 5.27. The first kappa shape index (κ1) is 18.3. The standard InChI is InChI=1S/C20H24ClN3/c1-4-22-15(3)20(23-5-2)18-11-8-16(9-12-18)6-7-17-10-13-19(21)24-14-17/h8-14H,4-7H2,1-3H3. The summed E-state index contributed by atoms with van der Waals surface area (Å²) in [6, 6.07) is 12.5. The lowest BCUT2D eigenvalue weighted by Crippen LogP contribution is -2.13. The smallest absolute Gasteiger partial charge is 0.129 e. The van der Waals surface area contributed by atoms with E-state index in [2.05, 4.69) is 39.2 Å². The predicted octanol–water partition coefficient (Wildman–Crippen LogP) is 4.81. The summed E-state index contributed by atoms with van der Waals surface area (Å²) in [5.74, 6) is 0. The van der Waals surface area contributed by atoms with E-state index in [0.717, 1.165) is 42.9 Å². The highest BCUT2D eigenvalue weighted by atomic mass is 35.5. The van der Waals surface area contributed by atoms with Gasteiger partial charge in [0.1, 0.15) is 5.15 Å². The second-order valence-corrected chi connectivity index (χ2v) is 5.96. The largest absolute Gasteiger partial charge is 0.288 e. The molecule has 1 heterocycles. The molecule has 0 aliphatic heterocycles. The molecule has 3 nitrogen and oxygen atoms in total. The Balaban J connectivity index is 2.07. The second-order valence-electron chi connectivity index (χ2n) is 5.57. The molecule has 0 bridgehead atoms. The topological polar surface area (TPSA) is 37.6 Å². The van der Waals surface area contributed by atoms with Crippen LogP contribution in [0.5, 0.6) is 0 Å². The monoisotopic (exact) mass is 341 g/mol. The molecule has 0 radical (unpaired) electrons. The summed E-state index contributed by atoms with van der Waals surface area (Å²) in [5.41, 5.74) is 5.62. The summed E-state index contributed by atoms with van der Waals surface area (Å²) >= 11 is 5.82. The number of hydrogen-bond acceptors (Lipinski definition) is 3. The maximum Gasteiger partial charge on any atom is 0.129 e. The van der Waals surface area contributed by atoms with Crippen molar-refractivity contribution in [1.82, 2.24) is 4.98 Å². The lowest BCUT2D eigenvalue weighted by molar-refractivity contribution is 0.950. The van der Waals surface area contributed by atoms with Crippen LogP contribution in [-0.4, -0.2) is 29.5 Å². The van der Waals surface area contributed by atoms with Crippen LogP contribution in [0.2, 0.25) is 5.15 Å². The van der Waals surface area contributed by atoms with E-state index in [4.69, 9.17) is 11.6 Å². The Kier molecular flexibility index (Phi) is 7.13. The number of aromatic nitrogens is 1. The minimum Gasteiger partial charge on any atom is -0.288 e. The highest BCUT2D eigenvalue weighted by molar-refractivity contribution is 6.47. The quantitative estimate of drug-likeness (QED) is 0.526. The van der Waals surface area contributed by atoms with E-state index in [0.29, 0.717) is 5.15 Å². The molecular formula is C20H24ClN3. The Bertz CT molecular complexity index is 701. The van der Waals surface area contributed by atoms with Crippen molar-refractivity contribution in [3.05, 3.63) is 64.4 Å². The fourth-order valence-electron chi connectivity index (χ4n) is 2.56. The predicted molar refractivity (Wildman–Crippen MR) is 104 cm³/mol. The van der Waals surface area contributed by atoms with Crippen LogP contribution < -0.4 is 0 Å². The molecule has 2 rings (SSSR count). The number of pyridine rings is 1. The molecular weight excluding hydrogens is 318 g/mol. The van der Waals surface area contributed by atoms with Crippen LogP contribution in [0.25, 0.3) is 0 Å². The van der Waals surface area contributed by atoms with Gasteiger partial charge in [0.25, 0.3) is 0 Å². The van der Waals surface area contributed by atoms with Gasteiger partial charge in [-0.05, 0) is 50.8 Å². The summed E-state index contributed by atoms with van der Waals surface area (Å²) in [7, 11) is 0. The molecule has 1 aromatic heterocycles. The van der Waals surface area contributed by atoms with E-state index in [1.165, 1.54) is 11.1 Å². The summed E-state index contributed by atoms with van der Waals surface area (Å²) in [5, 5.41) is 0.537. The van der Waals surface area contributed by atoms with Crippen molar-refractivity contribution in [2.45, 2.75) is 33.6 Å². The molecule has 0 saturated carbocycles. The zero-order chi connectivity index (χ0) is 17.4. The Morgan fingerprint density at radius 3 is 2.12 bits per heavy atom. The highest BCUT2D eigenvalue weighted by Crippen LogP contribution is 2.12. The number of rotatable bonds is 7. The summed E-state index contributed by atoms with van der Waals surface area (Å²) < 4.78 is 0. The van der Waals surface area contributed by atoms with Crippen molar-refractivity contribution in [3.63, 3.8) is 0 Å². The van der Waals surface area contributed by atoms with Gasteiger partial charge in [-0.3, -0.25) is 9.98 Å². The van der Waals surface area contributed by atoms with Gasteiger partial charge in [-0.2, -0.15) is 0 Å². The molecule has 0 saturated heterocycles. The molecule has 0 aliphatic carbocycles. The molecule has 1 aromatic carbocycles. The van der Waals surface area contributed by atoms with Crippen molar-refractivity contribution in [3.8, 4) is 0 Å². The minimum atomic E-state index is 0.537. The van der Waals surface area contributed by atoms with Crippen molar-refractivity contribution < 1.29 is 0 Å². The first-order valence-corrected chi connectivity index (χ1v) is 8.77. The average molecular weight is 342 g/mol. The Morgan fingerprint density at radius 2 is 1.54 bits per heavy atom. The SMILES string of the molecule is CCN=C(C)C(=NCC)c1ccc(CCc2ccc(Cl)nc2)cc1. The second kappa shape index (κ2) is 9.33. The van der Waals surface area contributed by atoms with Crippen LogP contribution in [0.3, 0.4) is 0 Å². The van der Waals surface area contributed by atoms with Gasteiger partial charge in [0.05, 0.1) is 11.4 Å². The molecule has 0 fully saturated rings. The number of hydrogen-bond donors (Lipinski definition) is 0. The van der Waals surface area contributed by atoms with E-state index < -0.39 is 0 Å². The fraction of sp³-hybridized carbons (Fsp3) is 0.350. The molecule has 0 spiro atoms. The number of halogens is 1. The zero-order valence-electron chi connectivity index (χ0n) is 14.6. The molecule has 4 heteroatoms. The van der Waals surface area contributed by atoms with E-state index in [1.54, 1.807) is 0 Å². The number of benzene rings is 1. The van der Waals surface area contributed by atoms with E-state index in [9.17, 15) is 0 Å². The van der Waals surface area contributed by atoms with E-state index in [1.807, 2.05) is 39.1 Å². The van der Waals surface area contributed by atoms with Gasteiger partial charge in [0.15, 0.2) is 0 Å². The van der Waals surface area contributed by atoms with Crippen molar-refractivity contribution >= 4 is 23.0 Å². The minimum absolute atomic E-state index is 0.537. The zero-order valence-corrected chi connectivity index (χ0v) is 15.3. The fourth-order valence-corrected chi connectivity index (χ4v) is 2.67. The molecule has 0 unspecified atom stereocenters. The third-order valence-corrected chi connectivity index (χ3v) is 4.00. The van der Waals surface area contributed by atoms with Gasteiger partial charge in [0.2, 0.25) is 0 Å². The van der Waals surface area contributed by atoms with Gasteiger partial charge < -0.3 is 0 Å². The summed E-state index contributed by atoms with van der Waals surface area (Å²) in [6.07, 6.45) is 3.77. The van der Waals surface area contributed by atoms with Crippen molar-refractivity contribution in [2.75, 3.05) is 13.1 Å². The highest BCUT2D eigenvalue weighted by Gasteiger charge is 2.07. The van der Waals surface area contributed by atoms with Crippen LogP contribution in [-0.2, 0) is 12.8 Å². The van der Waals surface area contributed by atoms with Crippen LogP contribution in [0.1, 0.15) is 37.5 Å². The Labute approximate surface area is 149 Å². The normalized spacial score (nSPS) is 12.5. The van der Waals surface area contributed by atoms with Gasteiger partial charge in [-0.25, -0.2) is 4.98 Å². The number of aryl methyl sites for hydroxylation is 2. The Morgan fingerprint density at radius 1 is 0.917 bits per heavy atom. The van der Waals surface area contributed by atoms with Crippen LogP contribution in [0.15, 0.2) is 52.6 Å². The van der Waals surface area contributed by atoms with Gasteiger partial charge >= 0.3 is 0 Å². The molecule has 0 N–H and O–H groups in total. The van der Waals surface area contributed by atoms with Crippen LogP contribution in [0.4, 0.5) is 0 Å². The van der Waals surface area contributed by atoms with Gasteiger partial charge in [-0.1, -0.05) is 41.9 Å². The summed E-state index contributed by atoms with van der Waals surface area (Å²) in [4.78, 5) is 13.2. The maximum absolute atomic E-state index is 5.82. The molecule has 126 valence electrons. The molecule has 24 heavy (non-hydrogen) atoms. The molecule has 2 aromatic rings. The van der Waals surface area contributed by atoms with Crippen molar-refractivity contribution in [1.29, 1.82) is 0 Å². The molecule has 0 atom stereocenters. The third-order valence-electron chi connectivity index (χ3n) is 3.77. The first-order chi connectivity index (χ1) is 11.6. The van der Waals surface area contributed by atoms with Crippen LogP contribution in [0, 0.1) is 0 Å². The lowest BCUT2D eigenvalue weighted by Gasteiger charge is -2.08. The first-order valence-electron chi connectivity index (χ1n) is 8.39. The molecule has 0 amide bonds. The lowest BCUT2D eigenvalue weighted by atomic mass is 10.0. The van der Waals surface area contributed by atoms with E-state index in [-0.39, 0.29) is 0 Å². The van der Waals surface area contributed by atoms with Gasteiger partial charge in [0, 0.05) is 24.8 Å². The Hall–Kier alpha value is -2.00. The van der Waals surface area contributed by atoms with E-state index >= 15 is 0 Å².